The van der Waals surface area contributed by atoms with E-state index >= 15 is 0 Å². The Bertz CT molecular complexity index is 810. The van der Waals surface area contributed by atoms with Gasteiger partial charge in [0, 0.05) is 23.8 Å². The van der Waals surface area contributed by atoms with Crippen LogP contribution in [0.1, 0.15) is 41.7 Å². The Kier molecular flexibility index (Phi) is 4.87. The number of benzene rings is 2. The molecule has 5 nitrogen and oxygen atoms in total. The third-order valence-electron chi connectivity index (χ3n) is 5.67. The van der Waals surface area contributed by atoms with Gasteiger partial charge >= 0.3 is 0 Å². The number of methoxy groups -OCH3 is 3. The van der Waals surface area contributed by atoms with Gasteiger partial charge in [-0.3, -0.25) is 0 Å². The topological polar surface area (TPSA) is 49.0 Å². The molecule has 0 bridgehead atoms. The Labute approximate surface area is 160 Å². The number of rotatable bonds is 4. The summed E-state index contributed by atoms with van der Waals surface area (Å²) in [5.74, 6) is 2.33. The highest BCUT2D eigenvalue weighted by Gasteiger charge is 2.40. The van der Waals surface area contributed by atoms with Crippen molar-refractivity contribution in [3.8, 4) is 17.2 Å². The smallest absolute Gasteiger partial charge is 0.203 e. The highest BCUT2D eigenvalue weighted by molar-refractivity contribution is 5.60. The number of fused-ring (bicyclic) bond motifs is 3. The first-order valence-corrected chi connectivity index (χ1v) is 9.45. The number of anilines is 1. The molecule has 0 saturated carbocycles. The molecule has 2 aliphatic heterocycles. The van der Waals surface area contributed by atoms with Crippen LogP contribution in [0.4, 0.5) is 5.69 Å². The van der Waals surface area contributed by atoms with Gasteiger partial charge in [-0.05, 0) is 43.5 Å². The van der Waals surface area contributed by atoms with Gasteiger partial charge in [-0.1, -0.05) is 17.7 Å². The van der Waals surface area contributed by atoms with E-state index in [1.165, 1.54) is 11.1 Å². The van der Waals surface area contributed by atoms with Gasteiger partial charge in [0.05, 0.1) is 33.5 Å². The quantitative estimate of drug-likeness (QED) is 0.850. The molecule has 1 fully saturated rings. The second kappa shape index (κ2) is 7.31. The Balaban J connectivity index is 1.80. The number of hydrogen-bond donors (Lipinski definition) is 1. The van der Waals surface area contributed by atoms with Crippen LogP contribution in [0.2, 0.25) is 0 Å². The van der Waals surface area contributed by atoms with Gasteiger partial charge in [-0.15, -0.1) is 0 Å². The van der Waals surface area contributed by atoms with Crippen molar-refractivity contribution in [3.63, 3.8) is 0 Å². The van der Waals surface area contributed by atoms with Gasteiger partial charge < -0.3 is 24.3 Å². The molecule has 2 aliphatic rings. The van der Waals surface area contributed by atoms with E-state index in [1.54, 1.807) is 21.3 Å². The van der Waals surface area contributed by atoms with Gasteiger partial charge in [0.1, 0.15) is 0 Å². The summed E-state index contributed by atoms with van der Waals surface area (Å²) in [6.07, 6.45) is 2.30. The van der Waals surface area contributed by atoms with Gasteiger partial charge in [-0.2, -0.15) is 0 Å². The van der Waals surface area contributed by atoms with E-state index in [2.05, 4.69) is 30.4 Å². The Morgan fingerprint density at radius 2 is 1.74 bits per heavy atom. The van der Waals surface area contributed by atoms with E-state index in [0.29, 0.717) is 23.2 Å². The lowest BCUT2D eigenvalue weighted by Gasteiger charge is -2.43. The minimum atomic E-state index is 0.110. The first-order chi connectivity index (χ1) is 13.2. The van der Waals surface area contributed by atoms with Crippen LogP contribution in [-0.2, 0) is 4.74 Å². The first kappa shape index (κ1) is 18.0. The summed E-state index contributed by atoms with van der Waals surface area (Å²) in [4.78, 5) is 0. The van der Waals surface area contributed by atoms with E-state index in [-0.39, 0.29) is 12.1 Å². The summed E-state index contributed by atoms with van der Waals surface area (Å²) >= 11 is 0. The van der Waals surface area contributed by atoms with Crippen molar-refractivity contribution in [1.82, 2.24) is 0 Å². The molecule has 1 saturated heterocycles. The standard InChI is InChI=1S/C22H27NO4/c1-13-7-8-17-16(10-13)21-15(6-5-9-27-21)20(23-17)14-11-18(24-2)22(26-4)19(12-14)25-3/h7-8,10-12,15,20-21,23H,5-6,9H2,1-4H3/t15-,20-,21+/m0/s1. The minimum Gasteiger partial charge on any atom is -0.493 e. The van der Waals surface area contributed by atoms with Gasteiger partial charge in [0.2, 0.25) is 5.75 Å². The van der Waals surface area contributed by atoms with E-state index in [4.69, 9.17) is 18.9 Å². The number of ether oxygens (including phenoxy) is 4. The lowest BCUT2D eigenvalue weighted by Crippen LogP contribution is -2.36. The molecule has 0 radical (unpaired) electrons. The fraction of sp³-hybridized carbons (Fsp3) is 0.455. The van der Waals surface area contributed by atoms with Crippen LogP contribution in [-0.4, -0.2) is 27.9 Å². The van der Waals surface area contributed by atoms with Gasteiger partial charge in [0.15, 0.2) is 11.5 Å². The van der Waals surface area contributed by atoms with Crippen LogP contribution in [0.15, 0.2) is 30.3 Å². The molecule has 2 aromatic rings. The highest BCUT2D eigenvalue weighted by Crippen LogP contribution is 2.51. The molecule has 27 heavy (non-hydrogen) atoms. The molecule has 5 heteroatoms. The zero-order valence-electron chi connectivity index (χ0n) is 16.4. The predicted octanol–water partition coefficient (Wildman–Crippen LogP) is 4.66. The molecule has 0 spiro atoms. The van der Waals surface area contributed by atoms with Crippen molar-refractivity contribution >= 4 is 5.69 Å². The van der Waals surface area contributed by atoms with Crippen LogP contribution < -0.4 is 19.5 Å². The highest BCUT2D eigenvalue weighted by atomic mass is 16.5. The third kappa shape index (κ3) is 3.10. The molecule has 0 amide bonds. The molecule has 144 valence electrons. The maximum atomic E-state index is 6.25. The fourth-order valence-corrected chi connectivity index (χ4v) is 4.40. The van der Waals surface area contributed by atoms with Crippen molar-refractivity contribution in [2.75, 3.05) is 33.3 Å². The molecule has 2 aromatic carbocycles. The lowest BCUT2D eigenvalue weighted by atomic mass is 9.77. The summed E-state index contributed by atoms with van der Waals surface area (Å²) in [6, 6.07) is 10.8. The molecular weight excluding hydrogens is 342 g/mol. The summed E-state index contributed by atoms with van der Waals surface area (Å²) < 4.78 is 22.9. The lowest BCUT2D eigenvalue weighted by molar-refractivity contribution is -0.0382. The molecule has 4 rings (SSSR count). The predicted molar refractivity (Wildman–Crippen MR) is 105 cm³/mol. The second-order valence-electron chi connectivity index (χ2n) is 7.27. The first-order valence-electron chi connectivity index (χ1n) is 9.45. The van der Waals surface area contributed by atoms with Crippen molar-refractivity contribution in [2.24, 2.45) is 5.92 Å². The normalized spacial score (nSPS) is 23.6. The molecule has 1 N–H and O–H groups in total. The van der Waals surface area contributed by atoms with Gasteiger partial charge in [0.25, 0.3) is 0 Å². The van der Waals surface area contributed by atoms with Crippen LogP contribution >= 0.6 is 0 Å². The third-order valence-corrected chi connectivity index (χ3v) is 5.67. The van der Waals surface area contributed by atoms with Crippen molar-refractivity contribution < 1.29 is 18.9 Å². The number of nitrogens with one attached hydrogen (secondary N) is 1. The summed E-state index contributed by atoms with van der Waals surface area (Å²) in [7, 11) is 4.93. The number of hydrogen-bond acceptors (Lipinski definition) is 5. The van der Waals surface area contributed by atoms with Crippen LogP contribution in [0, 0.1) is 12.8 Å². The van der Waals surface area contributed by atoms with Crippen molar-refractivity contribution in [2.45, 2.75) is 31.9 Å². The van der Waals surface area contributed by atoms with Crippen LogP contribution in [0.25, 0.3) is 0 Å². The monoisotopic (exact) mass is 369 g/mol. The molecule has 3 atom stereocenters. The zero-order valence-corrected chi connectivity index (χ0v) is 16.4. The molecule has 2 heterocycles. The summed E-state index contributed by atoms with van der Waals surface area (Å²) in [6.45, 7) is 2.94. The average Bonchev–Trinajstić information content (AvgIpc) is 2.72. The minimum absolute atomic E-state index is 0.110. The molecular formula is C22H27NO4. The second-order valence-corrected chi connectivity index (χ2v) is 7.27. The molecule has 0 unspecified atom stereocenters. The molecule has 0 aliphatic carbocycles. The van der Waals surface area contributed by atoms with E-state index < -0.39 is 0 Å². The maximum absolute atomic E-state index is 6.25. The van der Waals surface area contributed by atoms with Crippen molar-refractivity contribution in [3.05, 3.63) is 47.0 Å². The van der Waals surface area contributed by atoms with Crippen LogP contribution in [0.3, 0.4) is 0 Å². The Hall–Kier alpha value is -2.40. The van der Waals surface area contributed by atoms with E-state index in [1.807, 2.05) is 12.1 Å². The SMILES string of the molecule is COc1cc([C@@H]2Nc3ccc(C)cc3[C@@H]3OCCC[C@@H]23)cc(OC)c1OC. The number of aryl methyl sites for hydroxylation is 1. The maximum Gasteiger partial charge on any atom is 0.203 e. The van der Waals surface area contributed by atoms with Crippen LogP contribution in [0.5, 0.6) is 17.2 Å². The average molecular weight is 369 g/mol. The van der Waals surface area contributed by atoms with E-state index in [0.717, 1.165) is 30.7 Å². The fourth-order valence-electron chi connectivity index (χ4n) is 4.40. The zero-order chi connectivity index (χ0) is 19.0. The Morgan fingerprint density at radius 1 is 1.00 bits per heavy atom. The Morgan fingerprint density at radius 3 is 2.41 bits per heavy atom. The summed E-state index contributed by atoms with van der Waals surface area (Å²) in [5, 5.41) is 3.75. The van der Waals surface area contributed by atoms with Gasteiger partial charge in [-0.25, -0.2) is 0 Å². The summed E-state index contributed by atoms with van der Waals surface area (Å²) in [5.41, 5.74) is 4.79. The van der Waals surface area contributed by atoms with Crippen molar-refractivity contribution in [1.29, 1.82) is 0 Å². The largest absolute Gasteiger partial charge is 0.493 e. The molecule has 0 aromatic heterocycles. The van der Waals surface area contributed by atoms with E-state index in [9.17, 15) is 0 Å².